The van der Waals surface area contributed by atoms with Crippen molar-refractivity contribution >= 4 is 195 Å². The van der Waals surface area contributed by atoms with E-state index in [-0.39, 0.29) is 0 Å². The second kappa shape index (κ2) is 28.3. The lowest BCUT2D eigenvalue weighted by molar-refractivity contribution is 1.19. The minimum absolute atomic E-state index is 1.19. The molecule has 3 heterocycles. The monoisotopic (exact) mass is 1560 g/mol. The first-order chi connectivity index (χ1) is 61.0. The van der Waals surface area contributed by atoms with E-state index in [4.69, 9.17) is 0 Å². The molecule has 27 aromatic rings. The summed E-state index contributed by atoms with van der Waals surface area (Å²) < 4.78 is 7.27. The zero-order chi connectivity index (χ0) is 80.7. The van der Waals surface area contributed by atoms with Crippen molar-refractivity contribution in [1.82, 2.24) is 13.7 Å². The topological polar surface area (TPSA) is 14.8 Å². The van der Waals surface area contributed by atoms with Gasteiger partial charge < -0.3 is 13.7 Å². The van der Waals surface area contributed by atoms with Gasteiger partial charge in [-0.2, -0.15) is 0 Å². The summed E-state index contributed by atoms with van der Waals surface area (Å²) in [7, 11) is 0. The van der Waals surface area contributed by atoms with Gasteiger partial charge in [-0.3, -0.25) is 0 Å². The van der Waals surface area contributed by atoms with Crippen LogP contribution in [0.25, 0.3) is 245 Å². The van der Waals surface area contributed by atoms with Crippen LogP contribution in [0.3, 0.4) is 0 Å². The van der Waals surface area contributed by atoms with Crippen LogP contribution in [0.2, 0.25) is 0 Å². The Hall–Kier alpha value is -16.2. The van der Waals surface area contributed by atoms with Gasteiger partial charge in [0.25, 0.3) is 0 Å². The molecule has 3 aromatic heterocycles. The Morgan fingerprint density at radius 1 is 0.114 bits per heavy atom. The molecule has 570 valence electrons. The molecule has 0 radical (unpaired) electrons. The summed E-state index contributed by atoms with van der Waals surface area (Å²) >= 11 is 0. The highest BCUT2D eigenvalue weighted by Crippen LogP contribution is 2.46. The van der Waals surface area contributed by atoms with E-state index >= 15 is 0 Å². The Kier molecular flexibility index (Phi) is 16.1. The lowest BCUT2D eigenvalue weighted by atomic mass is 9.91. The van der Waals surface area contributed by atoms with Crippen LogP contribution < -0.4 is 0 Å². The molecule has 0 bridgehead atoms. The molecular weight excluding hydrogens is 1480 g/mol. The fourth-order valence-corrected chi connectivity index (χ4v) is 20.3. The summed E-state index contributed by atoms with van der Waals surface area (Å²) in [6.45, 7) is 0. The third kappa shape index (κ3) is 11.5. The van der Waals surface area contributed by atoms with Gasteiger partial charge in [0.1, 0.15) is 0 Å². The van der Waals surface area contributed by atoms with Gasteiger partial charge in [-0.25, -0.2) is 0 Å². The number of benzene rings is 24. The molecule has 0 spiro atoms. The minimum atomic E-state index is 1.19. The van der Waals surface area contributed by atoms with Crippen molar-refractivity contribution in [2.45, 2.75) is 0 Å². The molecule has 0 unspecified atom stereocenters. The molecule has 0 fully saturated rings. The maximum absolute atomic E-state index is 2.43. The molecular formula is C120H75N3. The van der Waals surface area contributed by atoms with Crippen molar-refractivity contribution < 1.29 is 0 Å². The van der Waals surface area contributed by atoms with Crippen molar-refractivity contribution in [2.24, 2.45) is 0 Å². The van der Waals surface area contributed by atoms with E-state index in [0.29, 0.717) is 0 Å². The molecule has 0 amide bonds. The van der Waals surface area contributed by atoms with E-state index in [2.05, 4.69) is 469 Å². The van der Waals surface area contributed by atoms with Gasteiger partial charge in [0.15, 0.2) is 0 Å². The van der Waals surface area contributed by atoms with Crippen molar-refractivity contribution in [2.75, 3.05) is 0 Å². The van der Waals surface area contributed by atoms with Crippen LogP contribution in [-0.2, 0) is 0 Å². The molecule has 0 atom stereocenters. The quantitative estimate of drug-likeness (QED) is 0.147. The first-order valence-corrected chi connectivity index (χ1v) is 42.6. The van der Waals surface area contributed by atoms with E-state index < -0.39 is 0 Å². The summed E-state index contributed by atoms with van der Waals surface area (Å²) in [6.07, 6.45) is 0. The predicted molar refractivity (Wildman–Crippen MR) is 529 cm³/mol. The lowest BCUT2D eigenvalue weighted by Crippen LogP contribution is -1.93. The summed E-state index contributed by atoms with van der Waals surface area (Å²) in [5.74, 6) is 0. The molecule has 0 aliphatic heterocycles. The van der Waals surface area contributed by atoms with Gasteiger partial charge in [-0.1, -0.05) is 346 Å². The Morgan fingerprint density at radius 2 is 0.366 bits per heavy atom. The Balaban J connectivity index is 0.000000101. The van der Waals surface area contributed by atoms with E-state index in [0.717, 1.165) is 0 Å². The second-order valence-electron chi connectivity index (χ2n) is 33.0. The second-order valence-corrected chi connectivity index (χ2v) is 33.0. The van der Waals surface area contributed by atoms with E-state index in [1.54, 1.807) is 0 Å². The van der Waals surface area contributed by atoms with Crippen LogP contribution in [0.4, 0.5) is 0 Å². The van der Waals surface area contributed by atoms with Crippen LogP contribution in [0.1, 0.15) is 0 Å². The SMILES string of the molecule is c1ccc2cc(-n3c4ccccc4c4c5cc(-c6cc7ccccc7c7ccccc67)ccc5ccc43)ccc2c1.c1ccc2cc(-n3c4ccccc4c4c5cc(-c6ccc7c(ccc8ccccc87)c6)ccc5ccc43)ccc2c1.c1ccc2cc(-n3c4ccccc4c4c5cc(-c6ccc7ccc8ccccc8c7c6)ccc5ccc43)ccc2c1. The average molecular weight is 1560 g/mol. The molecule has 0 aliphatic carbocycles. The largest absolute Gasteiger partial charge is 0.309 e. The fraction of sp³-hybridized carbons (Fsp3) is 0. The first-order valence-electron chi connectivity index (χ1n) is 42.6. The summed E-state index contributed by atoms with van der Waals surface area (Å²) in [5, 5.41) is 38.4. The highest BCUT2D eigenvalue weighted by atomic mass is 15.0. The Bertz CT molecular complexity index is 9090. The van der Waals surface area contributed by atoms with Crippen molar-refractivity contribution in [3.05, 3.63) is 455 Å². The van der Waals surface area contributed by atoms with Crippen LogP contribution in [0, 0.1) is 0 Å². The maximum Gasteiger partial charge on any atom is 0.0547 e. The van der Waals surface area contributed by atoms with Crippen LogP contribution >= 0.6 is 0 Å². The first kappa shape index (κ1) is 69.9. The van der Waals surface area contributed by atoms with E-state index in [1.807, 2.05) is 0 Å². The third-order valence-electron chi connectivity index (χ3n) is 26.2. The number of nitrogens with zero attached hydrogens (tertiary/aromatic N) is 3. The summed E-state index contributed by atoms with van der Waals surface area (Å²) in [4.78, 5) is 0. The molecule has 0 saturated heterocycles. The van der Waals surface area contributed by atoms with E-state index in [9.17, 15) is 0 Å². The van der Waals surface area contributed by atoms with Gasteiger partial charge in [-0.05, 0) is 272 Å². The summed E-state index contributed by atoms with van der Waals surface area (Å²) in [6, 6.07) is 167. The van der Waals surface area contributed by atoms with Gasteiger partial charge >= 0.3 is 0 Å². The zero-order valence-corrected chi connectivity index (χ0v) is 67.1. The highest BCUT2D eigenvalue weighted by Gasteiger charge is 2.22. The van der Waals surface area contributed by atoms with Crippen LogP contribution in [0.15, 0.2) is 455 Å². The number of para-hydroxylation sites is 3. The number of aromatic nitrogens is 3. The van der Waals surface area contributed by atoms with Gasteiger partial charge in [0.2, 0.25) is 0 Å². The minimum Gasteiger partial charge on any atom is -0.309 e. The zero-order valence-electron chi connectivity index (χ0n) is 67.1. The fourth-order valence-electron chi connectivity index (χ4n) is 20.3. The lowest BCUT2D eigenvalue weighted by Gasteiger charge is -2.13. The highest BCUT2D eigenvalue weighted by molar-refractivity contribution is 6.26. The molecule has 123 heavy (non-hydrogen) atoms. The molecule has 0 aliphatic rings. The van der Waals surface area contributed by atoms with Crippen LogP contribution in [0.5, 0.6) is 0 Å². The predicted octanol–water partition coefficient (Wildman–Crippen LogP) is 33.2. The Morgan fingerprint density at radius 3 is 0.805 bits per heavy atom. The van der Waals surface area contributed by atoms with Gasteiger partial charge in [0.05, 0.1) is 33.1 Å². The molecule has 3 nitrogen and oxygen atoms in total. The molecule has 24 aromatic carbocycles. The van der Waals surface area contributed by atoms with Gasteiger partial charge in [0, 0.05) is 49.4 Å². The Labute approximate surface area is 708 Å². The van der Waals surface area contributed by atoms with Crippen molar-refractivity contribution in [1.29, 1.82) is 0 Å². The maximum atomic E-state index is 2.43. The smallest absolute Gasteiger partial charge is 0.0547 e. The standard InChI is InChI=1S/3C40H25N/c1-2-10-28-23-31(21-19-26(28)9-1)41-38-16-8-7-15-35(38)40-37-25-30(18-17-27(37)20-22-39(40)41)36-24-29-11-3-4-12-32(29)33-13-5-6-14-34(33)36;1-2-9-29-24-33(20-17-26(29)7-1)41-38-12-6-5-11-36(38)40-37-25-31(15-13-28(37)19-22-39(40)41)30-18-21-35-32(23-30)16-14-27-8-3-4-10-34(27)35;1-2-9-30-23-33(21-19-26(30)7-1)41-38-12-6-5-11-35(38)40-37-25-32(18-16-29(37)20-22-39(40)41)31-17-15-28-14-13-27-8-3-4-10-34(27)36(28)24-31/h3*1-25H. The van der Waals surface area contributed by atoms with Crippen molar-refractivity contribution in [3.8, 4) is 50.4 Å². The molecule has 27 rings (SSSR count). The molecule has 0 saturated carbocycles. The molecule has 3 heteroatoms. The van der Waals surface area contributed by atoms with Gasteiger partial charge in [-0.15, -0.1) is 0 Å². The van der Waals surface area contributed by atoms with E-state index in [1.165, 1.54) is 245 Å². The number of hydrogen-bond acceptors (Lipinski definition) is 0. The molecule has 0 N–H and O–H groups in total. The number of fused-ring (bicyclic) bond motifs is 27. The average Bonchev–Trinajstić information content (AvgIpc) is 1.59. The third-order valence-corrected chi connectivity index (χ3v) is 26.2. The number of rotatable bonds is 6. The summed E-state index contributed by atoms with van der Waals surface area (Å²) in [5.41, 5.74) is 18.4. The van der Waals surface area contributed by atoms with Crippen LogP contribution in [-0.4, -0.2) is 13.7 Å². The normalized spacial score (nSPS) is 11.9. The van der Waals surface area contributed by atoms with Crippen molar-refractivity contribution in [3.63, 3.8) is 0 Å². The number of hydrogen-bond donors (Lipinski definition) is 0.